The molecule has 13 heteroatoms. The molecule has 0 unspecified atom stereocenters. The van der Waals surface area contributed by atoms with Crippen molar-refractivity contribution in [3.05, 3.63) is 70.5 Å². The molecule has 4 aromatic rings. The van der Waals surface area contributed by atoms with E-state index in [1.165, 1.54) is 0 Å². The van der Waals surface area contributed by atoms with E-state index in [1.807, 2.05) is 35.2 Å². The van der Waals surface area contributed by atoms with Gasteiger partial charge in [-0.3, -0.25) is 24.4 Å². The van der Waals surface area contributed by atoms with Crippen LogP contribution in [-0.4, -0.2) is 107 Å². The Morgan fingerprint density at radius 1 is 0.962 bits per heavy atom. The van der Waals surface area contributed by atoms with Gasteiger partial charge in [-0.05, 0) is 24.5 Å². The minimum Gasteiger partial charge on any atom is -0.491 e. The van der Waals surface area contributed by atoms with Gasteiger partial charge in [0.1, 0.15) is 18.1 Å². The van der Waals surface area contributed by atoms with Gasteiger partial charge >= 0.3 is 0 Å². The molecule has 0 bridgehead atoms. The summed E-state index contributed by atoms with van der Waals surface area (Å²) >= 11 is 7.20. The van der Waals surface area contributed by atoms with E-state index in [9.17, 15) is 9.59 Å². The summed E-state index contributed by atoms with van der Waals surface area (Å²) in [5.41, 5.74) is 7.77. The predicted octanol–water partition coefficient (Wildman–Crippen LogP) is 4.91. The molecule has 1 atom stereocenters. The number of rotatable bonds is 8. The van der Waals surface area contributed by atoms with Crippen molar-refractivity contribution in [3.63, 3.8) is 0 Å². The minimum atomic E-state index is -0.117. The van der Waals surface area contributed by atoms with Crippen LogP contribution < -0.4 is 19.5 Å². The highest BCUT2D eigenvalue weighted by Crippen LogP contribution is 2.48. The highest BCUT2D eigenvalue weighted by Gasteiger charge is 2.53. The number of carbonyl (C=O) groups excluding carboxylic acids is 2. The molecule has 12 nitrogen and oxygen atoms in total. The van der Waals surface area contributed by atoms with Crippen LogP contribution in [0.1, 0.15) is 42.6 Å². The number of halogens is 1. The fourth-order valence-electron chi connectivity index (χ4n) is 9.08. The second kappa shape index (κ2) is 12.7. The van der Waals surface area contributed by atoms with Crippen molar-refractivity contribution in [2.75, 3.05) is 60.1 Å². The number of nitrogens with zero attached hydrogens (tertiary/aromatic N) is 6. The number of hydrogen-bond donors (Lipinski definition) is 1. The van der Waals surface area contributed by atoms with Gasteiger partial charge in [0.25, 0.3) is 0 Å². The van der Waals surface area contributed by atoms with Crippen LogP contribution in [0.25, 0.3) is 33.6 Å². The third-order valence-electron chi connectivity index (χ3n) is 11.8. The number of likely N-dealkylation sites (tertiary alicyclic amines) is 3. The lowest BCUT2D eigenvalue weighted by atomic mass is 9.73. The van der Waals surface area contributed by atoms with Gasteiger partial charge in [-0.15, -0.1) is 0 Å². The number of carbonyl (C=O) groups is 2. The summed E-state index contributed by atoms with van der Waals surface area (Å²) in [5.74, 6) is 2.07. The van der Waals surface area contributed by atoms with Crippen LogP contribution in [0.2, 0.25) is 5.02 Å². The fraction of sp³-hybridized carbons (Fsp3) is 0.425. The Labute approximate surface area is 313 Å². The molecule has 0 aliphatic carbocycles. The Kier molecular flexibility index (Phi) is 8.13. The van der Waals surface area contributed by atoms with Crippen LogP contribution in [-0.2, 0) is 16.1 Å². The topological polar surface area (TPSA) is 122 Å². The summed E-state index contributed by atoms with van der Waals surface area (Å²) in [6.07, 6.45) is 3.23. The molecule has 7 heterocycles. The maximum atomic E-state index is 11.9. The van der Waals surface area contributed by atoms with Gasteiger partial charge < -0.3 is 24.4 Å². The van der Waals surface area contributed by atoms with E-state index in [0.29, 0.717) is 42.0 Å². The first-order valence-corrected chi connectivity index (χ1v) is 18.5. The van der Waals surface area contributed by atoms with E-state index >= 15 is 0 Å². The highest BCUT2D eigenvalue weighted by atomic mass is 35.5. The third-order valence-corrected chi connectivity index (χ3v) is 12.2. The molecule has 5 aliphatic heterocycles. The average molecular weight is 736 g/mol. The number of hydrogen-bond acceptors (Lipinski definition) is 10. The molecule has 274 valence electrons. The zero-order valence-electron chi connectivity index (χ0n) is 30.4. The smallest absolute Gasteiger partial charge is 0.237 e. The maximum absolute atomic E-state index is 11.9. The summed E-state index contributed by atoms with van der Waals surface area (Å²) in [5, 5.41) is 3.74. The Morgan fingerprint density at radius 2 is 1.66 bits per heavy atom. The Bertz CT molecular complexity index is 2160. The lowest BCUT2D eigenvalue weighted by molar-refractivity contribution is -0.157. The summed E-state index contributed by atoms with van der Waals surface area (Å²) in [6, 6.07) is 14.1. The monoisotopic (exact) mass is 735 g/mol. The van der Waals surface area contributed by atoms with Crippen molar-refractivity contribution in [2.24, 2.45) is 5.41 Å². The minimum absolute atomic E-state index is 0.0182. The second-order valence-corrected chi connectivity index (χ2v) is 15.7. The van der Waals surface area contributed by atoms with E-state index in [-0.39, 0.29) is 28.8 Å². The average Bonchev–Trinajstić information content (AvgIpc) is 3.71. The van der Waals surface area contributed by atoms with Gasteiger partial charge in [0, 0.05) is 87.3 Å². The highest BCUT2D eigenvalue weighted by molar-refractivity contribution is 6.36. The van der Waals surface area contributed by atoms with Crippen LogP contribution in [0.4, 0.5) is 0 Å². The molecule has 5 aliphatic rings. The van der Waals surface area contributed by atoms with Crippen molar-refractivity contribution in [1.82, 2.24) is 35.0 Å². The van der Waals surface area contributed by atoms with E-state index in [2.05, 4.69) is 34.2 Å². The van der Waals surface area contributed by atoms with Crippen molar-refractivity contribution >= 4 is 23.4 Å². The quantitative estimate of drug-likeness (QED) is 0.267. The molecular formula is C40H42ClN7O5. The van der Waals surface area contributed by atoms with Crippen LogP contribution in [0.5, 0.6) is 17.5 Å². The number of amides is 2. The largest absolute Gasteiger partial charge is 0.491 e. The summed E-state index contributed by atoms with van der Waals surface area (Å²) in [7, 11) is 3.26. The first-order valence-electron chi connectivity index (χ1n) is 18.1. The third kappa shape index (κ3) is 5.69. The number of aromatic nitrogens is 3. The lowest BCUT2D eigenvalue weighted by Crippen LogP contribution is -2.72. The number of methoxy groups -OCH3 is 2. The van der Waals surface area contributed by atoms with Gasteiger partial charge in [0.15, 0.2) is 0 Å². The standard InChI is InChI=1S/C40H42ClN7O5/c1-23-25(7-5-8-26(23)29-13-33-35(38(43-29)52-4)32(16-53-33)48-21-40(22-48)12-11-34(50)45-40)27-9-6-10-28(36(27)41)30-14-42-31(37(44-30)51-3)15-46-17-39(18-46)19-47(20-39)24(2)49/h5-10,13-14,32H,11-12,15-22H2,1-4H3,(H,45,50)/t32-/m0/s1. The summed E-state index contributed by atoms with van der Waals surface area (Å²) in [6.45, 7) is 9.95. The molecule has 2 spiro atoms. The van der Waals surface area contributed by atoms with Gasteiger partial charge in [-0.1, -0.05) is 48.0 Å². The van der Waals surface area contributed by atoms with E-state index in [0.717, 1.165) is 96.2 Å². The SMILES string of the molecule is COc1nc(-c2cccc(-c3cccc(-c4cc5c(c(OC)n4)[C@@H](N4CC6(CCC(=O)N6)C4)CO5)c3C)c2Cl)cnc1CN1CC2(C1)CN(C(C)=O)C2. The molecule has 2 amide bonds. The summed E-state index contributed by atoms with van der Waals surface area (Å²) < 4.78 is 17.9. The van der Waals surface area contributed by atoms with Gasteiger partial charge in [-0.25, -0.2) is 9.97 Å². The number of fused-ring (bicyclic) bond motifs is 1. The molecule has 1 N–H and O–H groups in total. The normalized spacial score (nSPS) is 21.0. The maximum Gasteiger partial charge on any atom is 0.237 e. The van der Waals surface area contributed by atoms with Crippen LogP contribution in [0.15, 0.2) is 48.7 Å². The number of benzene rings is 2. The van der Waals surface area contributed by atoms with Crippen molar-refractivity contribution in [2.45, 2.75) is 44.8 Å². The van der Waals surface area contributed by atoms with Gasteiger partial charge in [0.05, 0.1) is 54.0 Å². The predicted molar refractivity (Wildman–Crippen MR) is 199 cm³/mol. The molecular weight excluding hydrogens is 694 g/mol. The molecule has 4 saturated heterocycles. The molecule has 0 saturated carbocycles. The van der Waals surface area contributed by atoms with Crippen LogP contribution in [0.3, 0.4) is 0 Å². The molecule has 9 rings (SSSR count). The zero-order chi connectivity index (χ0) is 36.6. The molecule has 53 heavy (non-hydrogen) atoms. The van der Waals surface area contributed by atoms with E-state index < -0.39 is 0 Å². The first-order chi connectivity index (χ1) is 25.6. The molecule has 0 radical (unpaired) electrons. The molecule has 2 aromatic heterocycles. The van der Waals surface area contributed by atoms with E-state index in [1.54, 1.807) is 27.3 Å². The van der Waals surface area contributed by atoms with Crippen LogP contribution >= 0.6 is 11.6 Å². The molecule has 4 fully saturated rings. The second-order valence-electron chi connectivity index (χ2n) is 15.4. The number of ether oxygens (including phenoxy) is 3. The van der Waals surface area contributed by atoms with Crippen molar-refractivity contribution in [1.29, 1.82) is 0 Å². The Balaban J connectivity index is 0.956. The first kappa shape index (κ1) is 34.0. The number of nitrogens with one attached hydrogen (secondary N) is 1. The lowest BCUT2D eigenvalue weighted by Gasteiger charge is -2.60. The van der Waals surface area contributed by atoms with Gasteiger partial charge in [0.2, 0.25) is 23.6 Å². The summed E-state index contributed by atoms with van der Waals surface area (Å²) in [4.78, 5) is 44.8. The van der Waals surface area contributed by atoms with Crippen molar-refractivity contribution in [3.8, 4) is 51.2 Å². The van der Waals surface area contributed by atoms with Crippen LogP contribution in [0, 0.1) is 12.3 Å². The number of pyridine rings is 1. The zero-order valence-corrected chi connectivity index (χ0v) is 31.1. The van der Waals surface area contributed by atoms with Gasteiger partial charge in [-0.2, -0.15) is 0 Å². The van der Waals surface area contributed by atoms with Crippen molar-refractivity contribution < 1.29 is 23.8 Å². The Hall–Kier alpha value is -4.78. The Morgan fingerprint density at radius 3 is 2.36 bits per heavy atom. The molecule has 2 aromatic carbocycles. The van der Waals surface area contributed by atoms with E-state index in [4.69, 9.17) is 40.8 Å². The fourth-order valence-corrected chi connectivity index (χ4v) is 9.41.